The minimum Gasteiger partial charge on any atom is -0.491 e. The summed E-state index contributed by atoms with van der Waals surface area (Å²) in [6.45, 7) is 4.27. The minimum atomic E-state index is -3.74. The van der Waals surface area contributed by atoms with Crippen LogP contribution in [0.15, 0.2) is 48.5 Å². The number of nitrogens with zero attached hydrogens (tertiary/aromatic N) is 1. The number of para-hydroxylation sites is 1. The number of hydrogen-bond acceptors (Lipinski definition) is 6. The fourth-order valence-electron chi connectivity index (χ4n) is 2.99. The third-order valence-corrected chi connectivity index (χ3v) is 5.58. The average Bonchev–Trinajstić information content (AvgIpc) is 2.75. The zero-order valence-corrected chi connectivity index (χ0v) is 20.1. The van der Waals surface area contributed by atoms with E-state index in [4.69, 9.17) is 9.47 Å². The van der Waals surface area contributed by atoms with E-state index >= 15 is 0 Å². The number of methoxy groups -OCH3 is 1. The summed E-state index contributed by atoms with van der Waals surface area (Å²) in [4.78, 5) is 25.2. The lowest BCUT2D eigenvalue weighted by atomic mass is 10.1. The standard InChI is InChI=1S/C23H31N3O6S/c1-17(2)32-19-12-10-18(11-13-19)26(33(4,29)30)16-22(27)25-21-9-6-5-8-20(21)23(28)24-14-7-15-31-3/h5-6,8-13,17H,7,14-16H2,1-4H3,(H,24,28)(H,25,27). The van der Waals surface area contributed by atoms with E-state index in [-0.39, 0.29) is 17.6 Å². The van der Waals surface area contributed by atoms with Gasteiger partial charge in [0.15, 0.2) is 0 Å². The van der Waals surface area contributed by atoms with Gasteiger partial charge in [-0.1, -0.05) is 12.1 Å². The number of amides is 2. The second-order valence-corrected chi connectivity index (χ2v) is 9.53. The van der Waals surface area contributed by atoms with Crippen LogP contribution in [-0.2, 0) is 19.6 Å². The largest absolute Gasteiger partial charge is 0.491 e. The van der Waals surface area contributed by atoms with Gasteiger partial charge in [-0.25, -0.2) is 8.42 Å². The lowest BCUT2D eigenvalue weighted by Crippen LogP contribution is -2.37. The van der Waals surface area contributed by atoms with Gasteiger partial charge in [0.05, 0.1) is 29.3 Å². The van der Waals surface area contributed by atoms with Crippen LogP contribution in [0.4, 0.5) is 11.4 Å². The molecular formula is C23H31N3O6S. The van der Waals surface area contributed by atoms with E-state index in [1.165, 1.54) is 0 Å². The highest BCUT2D eigenvalue weighted by Gasteiger charge is 2.22. The fourth-order valence-corrected chi connectivity index (χ4v) is 3.84. The van der Waals surface area contributed by atoms with Crippen LogP contribution in [0.5, 0.6) is 5.75 Å². The quantitative estimate of drug-likeness (QED) is 0.454. The van der Waals surface area contributed by atoms with Crippen molar-refractivity contribution in [2.45, 2.75) is 26.4 Å². The molecule has 0 saturated heterocycles. The smallest absolute Gasteiger partial charge is 0.253 e. The zero-order chi connectivity index (χ0) is 24.4. The molecule has 0 aromatic heterocycles. The lowest BCUT2D eigenvalue weighted by Gasteiger charge is -2.22. The minimum absolute atomic E-state index is 0.0233. The van der Waals surface area contributed by atoms with Gasteiger partial charge in [0.25, 0.3) is 5.91 Å². The van der Waals surface area contributed by atoms with Crippen molar-refractivity contribution in [2.24, 2.45) is 0 Å². The van der Waals surface area contributed by atoms with E-state index in [9.17, 15) is 18.0 Å². The highest BCUT2D eigenvalue weighted by atomic mass is 32.2. The second-order valence-electron chi connectivity index (χ2n) is 7.63. The zero-order valence-electron chi connectivity index (χ0n) is 19.3. The van der Waals surface area contributed by atoms with Crippen molar-refractivity contribution in [1.29, 1.82) is 0 Å². The molecule has 9 nitrogen and oxygen atoms in total. The molecule has 0 aliphatic carbocycles. The molecule has 0 spiro atoms. The van der Waals surface area contributed by atoms with E-state index in [1.54, 1.807) is 55.6 Å². The van der Waals surface area contributed by atoms with Gasteiger partial charge in [0.1, 0.15) is 12.3 Å². The third kappa shape index (κ3) is 8.39. The molecule has 0 saturated carbocycles. The summed E-state index contributed by atoms with van der Waals surface area (Å²) >= 11 is 0. The van der Waals surface area contributed by atoms with Crippen LogP contribution >= 0.6 is 0 Å². The van der Waals surface area contributed by atoms with Gasteiger partial charge in [-0.3, -0.25) is 13.9 Å². The summed E-state index contributed by atoms with van der Waals surface area (Å²) in [6.07, 6.45) is 1.66. The first kappa shape index (κ1) is 26.1. The summed E-state index contributed by atoms with van der Waals surface area (Å²) in [5.74, 6) is -0.331. The second kappa shape index (κ2) is 12.2. The van der Waals surface area contributed by atoms with Gasteiger partial charge in [-0.2, -0.15) is 0 Å². The van der Waals surface area contributed by atoms with Crippen molar-refractivity contribution in [1.82, 2.24) is 5.32 Å². The predicted molar refractivity (Wildman–Crippen MR) is 128 cm³/mol. The molecule has 0 unspecified atom stereocenters. The summed E-state index contributed by atoms with van der Waals surface area (Å²) in [7, 11) is -2.16. The number of hydrogen-bond donors (Lipinski definition) is 2. The number of sulfonamides is 1. The Morgan fingerprint density at radius 1 is 1.06 bits per heavy atom. The number of rotatable bonds is 12. The third-order valence-electron chi connectivity index (χ3n) is 4.44. The Bertz CT molecular complexity index is 1040. The van der Waals surface area contributed by atoms with Crippen LogP contribution in [0.25, 0.3) is 0 Å². The Hall–Kier alpha value is -3.11. The molecule has 0 atom stereocenters. The van der Waals surface area contributed by atoms with Gasteiger partial charge in [0.2, 0.25) is 15.9 Å². The summed E-state index contributed by atoms with van der Waals surface area (Å²) in [5.41, 5.74) is 0.901. The van der Waals surface area contributed by atoms with Gasteiger partial charge in [-0.05, 0) is 56.7 Å². The van der Waals surface area contributed by atoms with E-state index in [1.807, 2.05) is 13.8 Å². The Morgan fingerprint density at radius 3 is 2.33 bits per heavy atom. The summed E-state index contributed by atoms with van der Waals surface area (Å²) in [5, 5.41) is 5.42. The average molecular weight is 478 g/mol. The van der Waals surface area contributed by atoms with Crippen molar-refractivity contribution in [2.75, 3.05) is 42.7 Å². The monoisotopic (exact) mass is 477 g/mol. The maximum Gasteiger partial charge on any atom is 0.253 e. The van der Waals surface area contributed by atoms with Crippen molar-refractivity contribution in [3.63, 3.8) is 0 Å². The Morgan fingerprint density at radius 2 is 1.73 bits per heavy atom. The molecule has 2 aromatic rings. The van der Waals surface area contributed by atoms with Crippen molar-refractivity contribution in [3.8, 4) is 5.75 Å². The number of ether oxygens (including phenoxy) is 2. The molecule has 2 aromatic carbocycles. The molecule has 0 heterocycles. The van der Waals surface area contributed by atoms with Crippen LogP contribution in [0.1, 0.15) is 30.6 Å². The molecule has 0 aliphatic rings. The van der Waals surface area contributed by atoms with Gasteiger partial charge < -0.3 is 20.1 Å². The van der Waals surface area contributed by atoms with E-state index in [2.05, 4.69) is 10.6 Å². The first-order valence-corrected chi connectivity index (χ1v) is 12.4. The van der Waals surface area contributed by atoms with Gasteiger partial charge in [0, 0.05) is 20.3 Å². The molecule has 2 rings (SSSR count). The van der Waals surface area contributed by atoms with E-state index in [0.717, 1.165) is 10.6 Å². The molecule has 0 fully saturated rings. The maximum atomic E-state index is 12.7. The molecule has 2 amide bonds. The molecular weight excluding hydrogens is 446 g/mol. The molecule has 0 bridgehead atoms. The van der Waals surface area contributed by atoms with Crippen LogP contribution in [0.2, 0.25) is 0 Å². The Kier molecular flexibility index (Phi) is 9.68. The molecule has 0 aliphatic heterocycles. The Labute approximate surface area is 195 Å². The molecule has 33 heavy (non-hydrogen) atoms. The highest BCUT2D eigenvalue weighted by Crippen LogP contribution is 2.23. The van der Waals surface area contributed by atoms with Crippen molar-refractivity contribution >= 4 is 33.2 Å². The van der Waals surface area contributed by atoms with Gasteiger partial charge >= 0.3 is 0 Å². The number of carbonyl (C=O) groups excluding carboxylic acids is 2. The van der Waals surface area contributed by atoms with Crippen LogP contribution in [-0.4, -0.2) is 59.4 Å². The molecule has 180 valence electrons. The number of anilines is 2. The molecule has 0 radical (unpaired) electrons. The van der Waals surface area contributed by atoms with E-state index < -0.39 is 22.5 Å². The Balaban J connectivity index is 2.13. The fraction of sp³-hybridized carbons (Fsp3) is 0.391. The molecule has 10 heteroatoms. The summed E-state index contributed by atoms with van der Waals surface area (Å²) in [6, 6.07) is 13.0. The lowest BCUT2D eigenvalue weighted by molar-refractivity contribution is -0.114. The summed E-state index contributed by atoms with van der Waals surface area (Å²) < 4.78 is 36.3. The number of carbonyl (C=O) groups is 2. The highest BCUT2D eigenvalue weighted by molar-refractivity contribution is 7.92. The predicted octanol–water partition coefficient (Wildman–Crippen LogP) is 2.64. The number of nitrogens with one attached hydrogen (secondary N) is 2. The first-order valence-electron chi connectivity index (χ1n) is 10.5. The number of benzene rings is 2. The first-order chi connectivity index (χ1) is 15.6. The van der Waals surface area contributed by atoms with Crippen molar-refractivity contribution in [3.05, 3.63) is 54.1 Å². The molecule has 2 N–H and O–H groups in total. The normalized spacial score (nSPS) is 11.2. The van der Waals surface area contributed by atoms with Gasteiger partial charge in [-0.15, -0.1) is 0 Å². The van der Waals surface area contributed by atoms with Crippen LogP contribution < -0.4 is 19.7 Å². The van der Waals surface area contributed by atoms with Crippen LogP contribution in [0.3, 0.4) is 0 Å². The van der Waals surface area contributed by atoms with Crippen molar-refractivity contribution < 1.29 is 27.5 Å². The maximum absolute atomic E-state index is 12.7. The topological polar surface area (TPSA) is 114 Å². The SMILES string of the molecule is COCCCNC(=O)c1ccccc1NC(=O)CN(c1ccc(OC(C)C)cc1)S(C)(=O)=O. The van der Waals surface area contributed by atoms with Crippen LogP contribution in [0, 0.1) is 0 Å². The van der Waals surface area contributed by atoms with E-state index in [0.29, 0.717) is 36.7 Å².